The minimum atomic E-state index is -0.485. The smallest absolute Gasteiger partial charge is 0.119 e. The summed E-state index contributed by atoms with van der Waals surface area (Å²) in [5, 5.41) is 10.1. The number of aliphatic hydroxyl groups excluding tert-OH is 1. The second-order valence-electron chi connectivity index (χ2n) is 5.10. The number of halogens is 1. The van der Waals surface area contributed by atoms with Gasteiger partial charge in [-0.25, -0.2) is 0 Å². The number of rotatable bonds is 5. The molecule has 1 atom stereocenters. The molecule has 2 aromatic rings. The second kappa shape index (κ2) is 7.34. The van der Waals surface area contributed by atoms with Crippen molar-refractivity contribution in [2.45, 2.75) is 12.5 Å². The molecule has 3 nitrogen and oxygen atoms in total. The van der Waals surface area contributed by atoms with Gasteiger partial charge in [0.25, 0.3) is 0 Å². The van der Waals surface area contributed by atoms with Crippen LogP contribution < -0.4 is 9.64 Å². The molecule has 0 amide bonds. The van der Waals surface area contributed by atoms with E-state index < -0.39 is 6.10 Å². The van der Waals surface area contributed by atoms with Crippen LogP contribution in [0.1, 0.15) is 5.56 Å². The maximum atomic E-state index is 10.1. The Bertz CT molecular complexity index is 562. The average molecular weight is 306 g/mol. The number of benzene rings is 2. The van der Waals surface area contributed by atoms with Crippen LogP contribution in [0, 0.1) is 0 Å². The Labute approximate surface area is 131 Å². The van der Waals surface area contributed by atoms with Crippen molar-refractivity contribution in [1.82, 2.24) is 0 Å². The van der Waals surface area contributed by atoms with Gasteiger partial charge in [-0.3, -0.25) is 0 Å². The summed E-state index contributed by atoms with van der Waals surface area (Å²) in [6, 6.07) is 18.0. The summed E-state index contributed by atoms with van der Waals surface area (Å²) in [6.07, 6.45) is 0.573. The second-order valence-corrected chi connectivity index (χ2v) is 5.10. The standard InChI is InChI=1S/C17H19NO2.ClH/c19-15(13-20-16-7-2-1-3-8-16)12-18-11-10-14-6-4-5-9-17(14)18;/h1-9,15,19H,10-13H2;1H. The van der Waals surface area contributed by atoms with Crippen molar-refractivity contribution in [3.8, 4) is 5.75 Å². The van der Waals surface area contributed by atoms with Crippen LogP contribution in [0.25, 0.3) is 0 Å². The lowest BCUT2D eigenvalue weighted by Gasteiger charge is -2.23. The van der Waals surface area contributed by atoms with Gasteiger partial charge in [-0.15, -0.1) is 12.4 Å². The fourth-order valence-electron chi connectivity index (χ4n) is 2.61. The zero-order valence-electron chi connectivity index (χ0n) is 11.8. The highest BCUT2D eigenvalue weighted by atomic mass is 35.5. The number of anilines is 1. The summed E-state index contributed by atoms with van der Waals surface area (Å²) < 4.78 is 5.59. The Balaban J connectivity index is 0.00000161. The first-order valence-corrected chi connectivity index (χ1v) is 7.02. The van der Waals surface area contributed by atoms with Gasteiger partial charge in [0.05, 0.1) is 0 Å². The Morgan fingerprint density at radius 3 is 2.57 bits per heavy atom. The zero-order valence-corrected chi connectivity index (χ0v) is 12.6. The largest absolute Gasteiger partial charge is 0.491 e. The topological polar surface area (TPSA) is 32.7 Å². The number of para-hydroxylation sites is 2. The van der Waals surface area contributed by atoms with Crippen molar-refractivity contribution < 1.29 is 9.84 Å². The van der Waals surface area contributed by atoms with Crippen LogP contribution in [-0.2, 0) is 6.42 Å². The lowest BCUT2D eigenvalue weighted by Crippen LogP contribution is -2.34. The highest BCUT2D eigenvalue weighted by Crippen LogP contribution is 2.27. The lowest BCUT2D eigenvalue weighted by molar-refractivity contribution is 0.112. The van der Waals surface area contributed by atoms with Crippen LogP contribution in [0.15, 0.2) is 54.6 Å². The molecule has 1 aliphatic heterocycles. The first-order valence-electron chi connectivity index (χ1n) is 7.02. The molecule has 0 saturated heterocycles. The predicted octanol–water partition coefficient (Wildman–Crippen LogP) is 2.91. The van der Waals surface area contributed by atoms with Gasteiger partial charge in [-0.05, 0) is 30.2 Å². The Kier molecular flexibility index (Phi) is 5.48. The highest BCUT2D eigenvalue weighted by Gasteiger charge is 2.20. The number of β-amino-alcohol motifs (C(OH)–C–C–N with tert-alkyl or cyclic N) is 1. The summed E-state index contributed by atoms with van der Waals surface area (Å²) in [5.41, 5.74) is 2.61. The minimum Gasteiger partial charge on any atom is -0.491 e. The van der Waals surface area contributed by atoms with Crippen molar-refractivity contribution >= 4 is 18.1 Å². The van der Waals surface area contributed by atoms with Gasteiger partial charge >= 0.3 is 0 Å². The summed E-state index contributed by atoms with van der Waals surface area (Å²) in [5.74, 6) is 0.799. The fourth-order valence-corrected chi connectivity index (χ4v) is 2.61. The molecule has 112 valence electrons. The molecule has 21 heavy (non-hydrogen) atoms. The lowest BCUT2D eigenvalue weighted by atomic mass is 10.2. The molecule has 0 saturated carbocycles. The van der Waals surface area contributed by atoms with Gasteiger partial charge in [0.15, 0.2) is 0 Å². The van der Waals surface area contributed by atoms with Crippen LogP contribution in [0.4, 0.5) is 5.69 Å². The van der Waals surface area contributed by atoms with Gasteiger partial charge in [0.1, 0.15) is 18.5 Å². The van der Waals surface area contributed by atoms with E-state index in [1.807, 2.05) is 36.4 Å². The number of nitrogens with zero attached hydrogens (tertiary/aromatic N) is 1. The third kappa shape index (κ3) is 3.90. The Morgan fingerprint density at radius 2 is 1.76 bits per heavy atom. The first-order chi connectivity index (χ1) is 9.83. The summed E-state index contributed by atoms with van der Waals surface area (Å²) in [6.45, 7) is 1.91. The molecule has 0 radical (unpaired) electrons. The molecule has 1 unspecified atom stereocenters. The SMILES string of the molecule is Cl.OC(COc1ccccc1)CN1CCc2ccccc21. The van der Waals surface area contributed by atoms with Crippen molar-refractivity contribution in [3.63, 3.8) is 0 Å². The molecular formula is C17H20ClNO2. The van der Waals surface area contributed by atoms with E-state index in [0.29, 0.717) is 13.2 Å². The molecule has 1 heterocycles. The van der Waals surface area contributed by atoms with Crippen LogP contribution in [-0.4, -0.2) is 30.9 Å². The maximum absolute atomic E-state index is 10.1. The minimum absolute atomic E-state index is 0. The zero-order chi connectivity index (χ0) is 13.8. The molecular weight excluding hydrogens is 286 g/mol. The monoisotopic (exact) mass is 305 g/mol. The van der Waals surface area contributed by atoms with Gasteiger partial charge in [0.2, 0.25) is 0 Å². The predicted molar refractivity (Wildman–Crippen MR) is 87.6 cm³/mol. The Hall–Kier alpha value is -1.71. The van der Waals surface area contributed by atoms with Crippen molar-refractivity contribution in [1.29, 1.82) is 0 Å². The summed E-state index contributed by atoms with van der Waals surface area (Å²) >= 11 is 0. The number of fused-ring (bicyclic) bond motifs is 1. The molecule has 0 aromatic heterocycles. The molecule has 1 N–H and O–H groups in total. The third-order valence-corrected chi connectivity index (χ3v) is 3.60. The van der Waals surface area contributed by atoms with E-state index >= 15 is 0 Å². The van der Waals surface area contributed by atoms with E-state index in [-0.39, 0.29) is 12.4 Å². The van der Waals surface area contributed by atoms with E-state index in [9.17, 15) is 5.11 Å². The number of hydrogen-bond donors (Lipinski definition) is 1. The average Bonchev–Trinajstić information content (AvgIpc) is 2.90. The molecule has 0 aliphatic carbocycles. The summed E-state index contributed by atoms with van der Waals surface area (Å²) in [4.78, 5) is 2.23. The van der Waals surface area contributed by atoms with Crippen LogP contribution in [0.2, 0.25) is 0 Å². The normalized spacial score (nSPS) is 14.2. The maximum Gasteiger partial charge on any atom is 0.119 e. The summed E-state index contributed by atoms with van der Waals surface area (Å²) in [7, 11) is 0. The van der Waals surface area contributed by atoms with Gasteiger partial charge in [-0.1, -0.05) is 36.4 Å². The van der Waals surface area contributed by atoms with Gasteiger partial charge in [0, 0.05) is 18.8 Å². The molecule has 0 bridgehead atoms. The third-order valence-electron chi connectivity index (χ3n) is 3.60. The highest BCUT2D eigenvalue weighted by molar-refractivity contribution is 5.85. The van der Waals surface area contributed by atoms with E-state index in [4.69, 9.17) is 4.74 Å². The van der Waals surface area contributed by atoms with Crippen LogP contribution in [0.3, 0.4) is 0 Å². The van der Waals surface area contributed by atoms with Crippen molar-refractivity contribution in [2.75, 3.05) is 24.6 Å². The van der Waals surface area contributed by atoms with E-state index in [1.165, 1.54) is 11.3 Å². The van der Waals surface area contributed by atoms with E-state index in [1.54, 1.807) is 0 Å². The number of hydrogen-bond acceptors (Lipinski definition) is 3. The fraction of sp³-hybridized carbons (Fsp3) is 0.294. The van der Waals surface area contributed by atoms with Crippen molar-refractivity contribution in [2.24, 2.45) is 0 Å². The Morgan fingerprint density at radius 1 is 1.05 bits per heavy atom. The molecule has 4 heteroatoms. The molecule has 2 aromatic carbocycles. The van der Waals surface area contributed by atoms with Gasteiger partial charge < -0.3 is 14.7 Å². The quantitative estimate of drug-likeness (QED) is 0.922. The van der Waals surface area contributed by atoms with Gasteiger partial charge in [-0.2, -0.15) is 0 Å². The molecule has 1 aliphatic rings. The number of ether oxygens (including phenoxy) is 1. The van der Waals surface area contributed by atoms with Crippen LogP contribution >= 0.6 is 12.4 Å². The van der Waals surface area contributed by atoms with Crippen molar-refractivity contribution in [3.05, 3.63) is 60.2 Å². The molecule has 0 fully saturated rings. The molecule has 0 spiro atoms. The van der Waals surface area contributed by atoms with E-state index in [0.717, 1.165) is 18.7 Å². The first kappa shape index (κ1) is 15.7. The van der Waals surface area contributed by atoms with E-state index in [2.05, 4.69) is 23.1 Å². The molecule has 3 rings (SSSR count). The number of aliphatic hydroxyl groups is 1. The van der Waals surface area contributed by atoms with Crippen LogP contribution in [0.5, 0.6) is 5.75 Å².